The van der Waals surface area contributed by atoms with Gasteiger partial charge in [0.1, 0.15) is 18.2 Å². The Morgan fingerprint density at radius 2 is 2.00 bits per heavy atom. The Bertz CT molecular complexity index is 938. The zero-order chi connectivity index (χ0) is 21.1. The first-order valence-corrected chi connectivity index (χ1v) is 11.1. The molecule has 0 unspecified atom stereocenters. The second-order valence-corrected chi connectivity index (χ2v) is 8.47. The molecule has 7 nitrogen and oxygen atoms in total. The van der Waals surface area contributed by atoms with Crippen LogP contribution in [0, 0.1) is 0 Å². The number of fused-ring (bicyclic) bond motifs is 1. The Labute approximate surface area is 179 Å². The number of carbonyl (C=O) groups is 2. The number of likely N-dealkylation sites (N-methyl/N-ethyl adjacent to an activating group) is 1. The fourth-order valence-electron chi connectivity index (χ4n) is 3.54. The van der Waals surface area contributed by atoms with Gasteiger partial charge >= 0.3 is 5.97 Å². The largest absolute Gasteiger partial charge is 0.486 e. The van der Waals surface area contributed by atoms with Crippen molar-refractivity contribution in [3.05, 3.63) is 40.3 Å². The third-order valence-corrected chi connectivity index (χ3v) is 5.96. The minimum atomic E-state index is -0.361. The molecule has 1 amide bonds. The maximum absolute atomic E-state index is 12.6. The van der Waals surface area contributed by atoms with Gasteiger partial charge in [-0.1, -0.05) is 6.07 Å². The lowest BCUT2D eigenvalue weighted by Crippen LogP contribution is -2.30. The zero-order valence-electron chi connectivity index (χ0n) is 17.2. The van der Waals surface area contributed by atoms with E-state index in [1.54, 1.807) is 6.92 Å². The van der Waals surface area contributed by atoms with Crippen molar-refractivity contribution in [1.82, 2.24) is 4.90 Å². The summed E-state index contributed by atoms with van der Waals surface area (Å²) in [6.07, 6.45) is 2.16. The minimum Gasteiger partial charge on any atom is -0.486 e. The van der Waals surface area contributed by atoms with Crippen LogP contribution in [0.15, 0.2) is 23.6 Å². The molecule has 0 radical (unpaired) electrons. The number of ether oxygens (including phenoxy) is 3. The highest BCUT2D eigenvalue weighted by Gasteiger charge is 2.32. The molecular weight excluding hydrogens is 404 g/mol. The van der Waals surface area contributed by atoms with Crippen molar-refractivity contribution in [1.29, 1.82) is 0 Å². The number of benzene rings is 1. The molecule has 0 saturated heterocycles. The summed E-state index contributed by atoms with van der Waals surface area (Å²) in [5.74, 6) is 1.37. The van der Waals surface area contributed by atoms with Crippen molar-refractivity contribution in [2.75, 3.05) is 38.7 Å². The molecule has 1 N–H and O–H groups in total. The van der Waals surface area contributed by atoms with E-state index in [2.05, 4.69) is 5.32 Å². The van der Waals surface area contributed by atoms with Crippen molar-refractivity contribution in [3.63, 3.8) is 0 Å². The van der Waals surface area contributed by atoms with Crippen molar-refractivity contribution >= 4 is 28.2 Å². The number of carbonyl (C=O) groups excluding carboxylic acids is 2. The van der Waals surface area contributed by atoms with Gasteiger partial charge in [-0.3, -0.25) is 9.69 Å². The van der Waals surface area contributed by atoms with E-state index >= 15 is 0 Å². The Hall–Kier alpha value is -2.58. The monoisotopic (exact) mass is 430 g/mol. The molecule has 30 heavy (non-hydrogen) atoms. The van der Waals surface area contributed by atoms with Gasteiger partial charge in [-0.25, -0.2) is 4.79 Å². The average molecular weight is 431 g/mol. The van der Waals surface area contributed by atoms with Crippen molar-refractivity contribution in [2.24, 2.45) is 0 Å². The summed E-state index contributed by atoms with van der Waals surface area (Å²) in [6.45, 7) is 3.99. The number of amides is 1. The van der Waals surface area contributed by atoms with Crippen molar-refractivity contribution in [3.8, 4) is 11.5 Å². The molecule has 2 heterocycles. The van der Waals surface area contributed by atoms with Crippen LogP contribution in [0.3, 0.4) is 0 Å². The number of rotatable bonds is 8. The molecule has 1 aromatic heterocycles. The summed E-state index contributed by atoms with van der Waals surface area (Å²) in [6, 6.07) is 5.82. The fourth-order valence-corrected chi connectivity index (χ4v) is 4.58. The molecule has 0 spiro atoms. The average Bonchev–Trinajstić information content (AvgIpc) is 3.48. The number of hydrogen-bond donors (Lipinski definition) is 1. The van der Waals surface area contributed by atoms with Gasteiger partial charge in [0.05, 0.1) is 18.7 Å². The molecule has 1 fully saturated rings. The van der Waals surface area contributed by atoms with Gasteiger partial charge in [-0.15, -0.1) is 11.3 Å². The van der Waals surface area contributed by atoms with Crippen LogP contribution >= 0.6 is 11.3 Å². The quantitative estimate of drug-likeness (QED) is 0.645. The highest BCUT2D eigenvalue weighted by atomic mass is 32.1. The minimum absolute atomic E-state index is 0.162. The predicted molar refractivity (Wildman–Crippen MR) is 115 cm³/mol. The zero-order valence-corrected chi connectivity index (χ0v) is 18.0. The van der Waals surface area contributed by atoms with E-state index in [9.17, 15) is 9.59 Å². The molecule has 1 aliphatic carbocycles. The summed E-state index contributed by atoms with van der Waals surface area (Å²) < 4.78 is 16.4. The van der Waals surface area contributed by atoms with E-state index in [1.807, 2.05) is 35.5 Å². The van der Waals surface area contributed by atoms with E-state index in [4.69, 9.17) is 14.2 Å². The Kier molecular flexibility index (Phi) is 6.24. The van der Waals surface area contributed by atoms with Gasteiger partial charge in [0.25, 0.3) is 0 Å². The first kappa shape index (κ1) is 20.7. The molecule has 0 bridgehead atoms. The SMILES string of the molecule is CCOC(=O)c1c(C2CC2)csc1NC(=O)CN(C)Cc1ccc2c(c1)OCCO2. The number of nitrogens with one attached hydrogen (secondary N) is 1. The molecule has 1 aliphatic heterocycles. The van der Waals surface area contributed by atoms with Crippen LogP contribution in [0.5, 0.6) is 11.5 Å². The van der Waals surface area contributed by atoms with Crippen LogP contribution in [0.2, 0.25) is 0 Å². The van der Waals surface area contributed by atoms with Gasteiger partial charge in [0.2, 0.25) is 5.91 Å². The lowest BCUT2D eigenvalue weighted by Gasteiger charge is -2.21. The first-order chi connectivity index (χ1) is 14.5. The molecule has 160 valence electrons. The van der Waals surface area contributed by atoms with Crippen LogP contribution in [0.4, 0.5) is 5.00 Å². The van der Waals surface area contributed by atoms with E-state index in [0.717, 1.165) is 35.5 Å². The summed E-state index contributed by atoms with van der Waals surface area (Å²) in [5, 5.41) is 5.46. The lowest BCUT2D eigenvalue weighted by molar-refractivity contribution is -0.117. The van der Waals surface area contributed by atoms with Crippen molar-refractivity contribution < 1.29 is 23.8 Å². The number of nitrogens with zero attached hydrogens (tertiary/aromatic N) is 1. The molecule has 4 rings (SSSR count). The first-order valence-electron chi connectivity index (χ1n) is 10.2. The van der Waals surface area contributed by atoms with Crippen molar-refractivity contribution in [2.45, 2.75) is 32.2 Å². The maximum Gasteiger partial charge on any atom is 0.341 e. The number of thiophene rings is 1. The Balaban J connectivity index is 1.38. The van der Waals surface area contributed by atoms with Crippen LogP contribution < -0.4 is 14.8 Å². The highest BCUT2D eigenvalue weighted by molar-refractivity contribution is 7.15. The van der Waals surface area contributed by atoms with Crippen LogP contribution in [0.1, 0.15) is 47.2 Å². The number of hydrogen-bond acceptors (Lipinski definition) is 7. The van der Waals surface area contributed by atoms with Gasteiger partial charge in [-0.2, -0.15) is 0 Å². The Morgan fingerprint density at radius 1 is 1.23 bits per heavy atom. The normalized spacial score (nSPS) is 15.2. The molecule has 8 heteroatoms. The highest BCUT2D eigenvalue weighted by Crippen LogP contribution is 2.46. The Morgan fingerprint density at radius 3 is 2.73 bits per heavy atom. The second-order valence-electron chi connectivity index (χ2n) is 7.59. The second kappa shape index (κ2) is 9.06. The molecule has 0 atom stereocenters. The van der Waals surface area contributed by atoms with E-state index in [1.165, 1.54) is 11.3 Å². The van der Waals surface area contributed by atoms with Gasteiger partial charge in [0, 0.05) is 6.54 Å². The summed E-state index contributed by atoms with van der Waals surface area (Å²) in [7, 11) is 1.88. The summed E-state index contributed by atoms with van der Waals surface area (Å²) in [4.78, 5) is 27.0. The molecule has 1 aromatic carbocycles. The molecule has 1 saturated carbocycles. The maximum atomic E-state index is 12.6. The van der Waals surface area contributed by atoms with Gasteiger partial charge in [-0.05, 0) is 61.4 Å². The van der Waals surface area contributed by atoms with E-state index < -0.39 is 0 Å². The predicted octanol–water partition coefficient (Wildman–Crippen LogP) is 3.64. The molecule has 2 aliphatic rings. The van der Waals surface area contributed by atoms with Crippen LogP contribution in [-0.4, -0.2) is 50.2 Å². The molecule has 2 aromatic rings. The summed E-state index contributed by atoms with van der Waals surface area (Å²) >= 11 is 1.39. The number of anilines is 1. The van der Waals surface area contributed by atoms with Gasteiger partial charge in [0.15, 0.2) is 11.5 Å². The smallest absolute Gasteiger partial charge is 0.341 e. The topological polar surface area (TPSA) is 77.1 Å². The fraction of sp³-hybridized carbons (Fsp3) is 0.455. The van der Waals surface area contributed by atoms with E-state index in [0.29, 0.717) is 42.8 Å². The lowest BCUT2D eigenvalue weighted by atomic mass is 10.1. The van der Waals surface area contributed by atoms with Gasteiger partial charge < -0.3 is 19.5 Å². The third-order valence-electron chi connectivity index (χ3n) is 5.04. The number of esters is 1. The van der Waals surface area contributed by atoms with Crippen LogP contribution in [-0.2, 0) is 16.1 Å². The standard InChI is InChI=1S/C22H26N2O5S/c1-3-27-22(26)20-16(15-5-6-15)13-30-21(20)23-19(25)12-24(2)11-14-4-7-17-18(10-14)29-9-8-28-17/h4,7,10,13,15H,3,5-6,8-9,11-12H2,1-2H3,(H,23,25). The van der Waals surface area contributed by atoms with E-state index in [-0.39, 0.29) is 18.4 Å². The van der Waals surface area contributed by atoms with Crippen LogP contribution in [0.25, 0.3) is 0 Å². The molecular formula is C22H26N2O5S. The third kappa shape index (κ3) is 4.76. The summed E-state index contributed by atoms with van der Waals surface area (Å²) in [5.41, 5.74) is 2.56.